The number of nitrogens with zero attached hydrogens (tertiary/aromatic N) is 2. The molecule has 0 fully saturated rings. The number of hydrogen-bond acceptors (Lipinski definition) is 2. The van der Waals surface area contributed by atoms with Crippen molar-refractivity contribution in [2.24, 2.45) is 0 Å². The van der Waals surface area contributed by atoms with Gasteiger partial charge in [-0.05, 0) is 82.4 Å². The van der Waals surface area contributed by atoms with Gasteiger partial charge < -0.3 is 13.9 Å². The number of anilines is 3. The summed E-state index contributed by atoms with van der Waals surface area (Å²) >= 11 is 0. The van der Waals surface area contributed by atoms with E-state index >= 15 is 0 Å². The maximum absolute atomic E-state index is 6.72. The summed E-state index contributed by atoms with van der Waals surface area (Å²) in [5, 5.41) is 4.60. The van der Waals surface area contributed by atoms with Crippen molar-refractivity contribution < 1.29 is 4.42 Å². The monoisotopic (exact) mass is 804 g/mol. The first-order chi connectivity index (χ1) is 31.3. The van der Waals surface area contributed by atoms with Gasteiger partial charge in [-0.25, -0.2) is 0 Å². The first kappa shape index (κ1) is 36.5. The van der Waals surface area contributed by atoms with Crippen LogP contribution in [0.5, 0.6) is 0 Å². The van der Waals surface area contributed by atoms with Crippen LogP contribution in [0.1, 0.15) is 0 Å². The van der Waals surface area contributed by atoms with E-state index in [2.05, 4.69) is 246 Å². The lowest BCUT2D eigenvalue weighted by atomic mass is 9.88. The van der Waals surface area contributed by atoms with E-state index in [-0.39, 0.29) is 0 Å². The third-order valence-electron chi connectivity index (χ3n) is 12.4. The molecule has 2 heterocycles. The Hall–Kier alpha value is -8.40. The van der Waals surface area contributed by atoms with Gasteiger partial charge in [0.15, 0.2) is 0 Å². The summed E-state index contributed by atoms with van der Waals surface area (Å²) in [4.78, 5) is 2.46. The smallest absolute Gasteiger partial charge is 0.143 e. The Bertz CT molecular complexity index is 3640. The zero-order valence-electron chi connectivity index (χ0n) is 34.4. The molecule has 0 bridgehead atoms. The number of furan rings is 1. The SMILES string of the molecule is c1ccc(-c2ccccc2-c2ccccc2-c2ccccc2N(c2ccc3c(c2)c2ccccc2n3-c2ccccc2)c2ccccc2-c2cccc3c2oc2ccccc23)cc1. The van der Waals surface area contributed by atoms with Gasteiger partial charge in [-0.3, -0.25) is 0 Å². The molecule has 0 saturated carbocycles. The van der Waals surface area contributed by atoms with Crippen molar-refractivity contribution in [2.75, 3.05) is 4.90 Å². The van der Waals surface area contributed by atoms with Gasteiger partial charge in [-0.1, -0.05) is 188 Å². The van der Waals surface area contributed by atoms with E-state index in [1.807, 2.05) is 6.07 Å². The average Bonchev–Trinajstić information content (AvgIpc) is 3.91. The predicted octanol–water partition coefficient (Wildman–Crippen LogP) is 16.8. The molecule has 12 rings (SSSR count). The van der Waals surface area contributed by atoms with Crippen LogP contribution in [-0.4, -0.2) is 4.57 Å². The molecule has 0 aliphatic heterocycles. The lowest BCUT2D eigenvalue weighted by Gasteiger charge is -2.30. The second-order valence-electron chi connectivity index (χ2n) is 16.0. The minimum Gasteiger partial charge on any atom is -0.455 e. The summed E-state index contributed by atoms with van der Waals surface area (Å²) in [7, 11) is 0. The Kier molecular flexibility index (Phi) is 8.83. The van der Waals surface area contributed by atoms with Gasteiger partial charge in [0.05, 0.1) is 22.4 Å². The van der Waals surface area contributed by atoms with Crippen molar-refractivity contribution in [1.29, 1.82) is 0 Å². The van der Waals surface area contributed by atoms with Crippen LogP contribution < -0.4 is 4.90 Å². The van der Waals surface area contributed by atoms with E-state index in [1.165, 1.54) is 38.5 Å². The summed E-state index contributed by atoms with van der Waals surface area (Å²) in [5.74, 6) is 0. The molecule has 63 heavy (non-hydrogen) atoms. The van der Waals surface area contributed by atoms with E-state index in [4.69, 9.17) is 4.42 Å². The fraction of sp³-hybridized carbons (Fsp3) is 0. The first-order valence-corrected chi connectivity index (χ1v) is 21.5. The van der Waals surface area contributed by atoms with Gasteiger partial charge in [0, 0.05) is 49.6 Å². The van der Waals surface area contributed by atoms with Crippen molar-refractivity contribution >= 4 is 60.8 Å². The minimum absolute atomic E-state index is 0.878. The van der Waals surface area contributed by atoms with E-state index in [0.29, 0.717) is 0 Å². The molecule has 0 N–H and O–H groups in total. The van der Waals surface area contributed by atoms with Crippen LogP contribution in [0, 0.1) is 0 Å². The molecule has 3 nitrogen and oxygen atoms in total. The lowest BCUT2D eigenvalue weighted by molar-refractivity contribution is 0.670. The highest BCUT2D eigenvalue weighted by Gasteiger charge is 2.25. The minimum atomic E-state index is 0.878. The highest BCUT2D eigenvalue weighted by atomic mass is 16.3. The van der Waals surface area contributed by atoms with Crippen LogP contribution in [0.4, 0.5) is 17.1 Å². The molecule has 0 spiro atoms. The number of aromatic nitrogens is 1. The lowest BCUT2D eigenvalue weighted by Crippen LogP contribution is -2.12. The molecule has 0 unspecified atom stereocenters. The fourth-order valence-electron chi connectivity index (χ4n) is 9.66. The van der Waals surface area contributed by atoms with Crippen LogP contribution in [0.15, 0.2) is 247 Å². The van der Waals surface area contributed by atoms with Gasteiger partial charge in [-0.2, -0.15) is 0 Å². The molecule has 0 atom stereocenters. The zero-order valence-corrected chi connectivity index (χ0v) is 34.4. The van der Waals surface area contributed by atoms with E-state index in [9.17, 15) is 0 Å². The Morgan fingerprint density at radius 1 is 0.317 bits per heavy atom. The number of hydrogen-bond donors (Lipinski definition) is 0. The third kappa shape index (κ3) is 6.13. The van der Waals surface area contributed by atoms with Crippen molar-refractivity contribution in [3.8, 4) is 50.2 Å². The fourth-order valence-corrected chi connectivity index (χ4v) is 9.66. The molecule has 0 aliphatic rings. The summed E-state index contributed by atoms with van der Waals surface area (Å²) in [6, 6.07) is 87.1. The normalized spacial score (nSPS) is 11.5. The third-order valence-corrected chi connectivity index (χ3v) is 12.4. The van der Waals surface area contributed by atoms with Gasteiger partial charge in [0.1, 0.15) is 11.2 Å². The average molecular weight is 805 g/mol. The molecule has 0 aliphatic carbocycles. The van der Waals surface area contributed by atoms with Crippen molar-refractivity contribution in [1.82, 2.24) is 4.57 Å². The quantitative estimate of drug-likeness (QED) is 0.153. The first-order valence-electron chi connectivity index (χ1n) is 21.5. The van der Waals surface area contributed by atoms with Crippen molar-refractivity contribution in [3.63, 3.8) is 0 Å². The largest absolute Gasteiger partial charge is 0.455 e. The Balaban J connectivity index is 1.13. The van der Waals surface area contributed by atoms with Crippen molar-refractivity contribution in [2.45, 2.75) is 0 Å². The van der Waals surface area contributed by atoms with Crippen LogP contribution >= 0.6 is 0 Å². The topological polar surface area (TPSA) is 21.3 Å². The molecule has 0 saturated heterocycles. The Morgan fingerprint density at radius 2 is 0.810 bits per heavy atom. The van der Waals surface area contributed by atoms with Gasteiger partial charge in [-0.15, -0.1) is 0 Å². The molecule has 12 aromatic rings. The Morgan fingerprint density at radius 3 is 1.54 bits per heavy atom. The zero-order chi connectivity index (χ0) is 41.7. The molecule has 0 amide bonds. The summed E-state index contributed by atoms with van der Waals surface area (Å²) in [6.45, 7) is 0. The standard InChI is InChI=1S/C60H40N2O/c1-3-20-41(21-4-1)44-24-7-8-25-45(44)46-26-9-10-27-47(46)48-28-11-15-34-55(48)62(43-38-39-58-54(40-43)50-30-13-17-36-57(50)61(58)42-22-5-2-6-23-42)56-35-16-12-29-49(56)52-32-19-33-53-51-31-14-18-37-59(51)63-60(52)53/h1-40H. The van der Waals surface area contributed by atoms with Gasteiger partial charge in [0.25, 0.3) is 0 Å². The second kappa shape index (κ2) is 15.3. The van der Waals surface area contributed by atoms with Crippen LogP contribution in [0.25, 0.3) is 93.9 Å². The summed E-state index contributed by atoms with van der Waals surface area (Å²) < 4.78 is 9.10. The maximum atomic E-state index is 6.72. The number of benzene rings is 10. The summed E-state index contributed by atoms with van der Waals surface area (Å²) in [6.07, 6.45) is 0. The highest BCUT2D eigenvalue weighted by molar-refractivity contribution is 6.13. The molecule has 10 aromatic carbocycles. The summed E-state index contributed by atoms with van der Waals surface area (Å²) in [5.41, 5.74) is 17.5. The van der Waals surface area contributed by atoms with Crippen molar-refractivity contribution in [3.05, 3.63) is 243 Å². The van der Waals surface area contributed by atoms with Gasteiger partial charge in [0.2, 0.25) is 0 Å². The highest BCUT2D eigenvalue weighted by Crippen LogP contribution is 2.49. The van der Waals surface area contributed by atoms with E-state index in [0.717, 1.165) is 72.5 Å². The molecule has 3 heteroatoms. The van der Waals surface area contributed by atoms with E-state index in [1.54, 1.807) is 0 Å². The number of fused-ring (bicyclic) bond motifs is 6. The van der Waals surface area contributed by atoms with Crippen LogP contribution in [-0.2, 0) is 0 Å². The second-order valence-corrected chi connectivity index (χ2v) is 16.0. The predicted molar refractivity (Wildman–Crippen MR) is 264 cm³/mol. The van der Waals surface area contributed by atoms with Crippen LogP contribution in [0.3, 0.4) is 0 Å². The molecule has 296 valence electrons. The number of rotatable bonds is 8. The molecular formula is C60H40N2O. The van der Waals surface area contributed by atoms with E-state index < -0.39 is 0 Å². The molecular weight excluding hydrogens is 765 g/mol. The number of para-hydroxylation sites is 6. The van der Waals surface area contributed by atoms with Gasteiger partial charge >= 0.3 is 0 Å². The molecule has 2 aromatic heterocycles. The molecule has 0 radical (unpaired) electrons. The Labute approximate surface area is 366 Å². The van der Waals surface area contributed by atoms with Crippen LogP contribution in [0.2, 0.25) is 0 Å². The maximum Gasteiger partial charge on any atom is 0.143 e.